The Morgan fingerprint density at radius 1 is 1.10 bits per heavy atom. The van der Waals surface area contributed by atoms with Gasteiger partial charge < -0.3 is 5.11 Å². The highest BCUT2D eigenvalue weighted by Gasteiger charge is 2.12. The molecular formula is C14H8FN3O2S. The minimum Gasteiger partial charge on any atom is -0.478 e. The second-order valence-electron chi connectivity index (χ2n) is 4.13. The maximum Gasteiger partial charge on any atom is 0.338 e. The van der Waals surface area contributed by atoms with E-state index in [2.05, 4.69) is 15.2 Å². The molecule has 0 radical (unpaired) electrons. The van der Waals surface area contributed by atoms with Crippen LogP contribution in [0.2, 0.25) is 0 Å². The van der Waals surface area contributed by atoms with Crippen LogP contribution >= 0.6 is 11.8 Å². The lowest BCUT2D eigenvalue weighted by molar-refractivity contribution is 0.0691. The third-order valence-corrected chi connectivity index (χ3v) is 3.56. The minimum atomic E-state index is -1.31. The van der Waals surface area contributed by atoms with Gasteiger partial charge in [0.1, 0.15) is 11.3 Å². The predicted molar refractivity (Wildman–Crippen MR) is 74.8 cm³/mol. The Morgan fingerprint density at radius 2 is 1.86 bits per heavy atom. The summed E-state index contributed by atoms with van der Waals surface area (Å²) in [5.74, 6) is -2.09. The second kappa shape index (κ2) is 5.45. The maximum absolute atomic E-state index is 13.3. The molecule has 5 nitrogen and oxygen atoms in total. The fourth-order valence-electron chi connectivity index (χ4n) is 1.75. The van der Waals surface area contributed by atoms with Gasteiger partial charge in [-0.2, -0.15) is 0 Å². The molecule has 104 valence electrons. The fourth-order valence-corrected chi connectivity index (χ4v) is 2.50. The van der Waals surface area contributed by atoms with E-state index in [4.69, 9.17) is 5.11 Å². The highest BCUT2D eigenvalue weighted by Crippen LogP contribution is 2.26. The van der Waals surface area contributed by atoms with Gasteiger partial charge in [0.15, 0.2) is 0 Å². The zero-order valence-corrected chi connectivity index (χ0v) is 11.3. The van der Waals surface area contributed by atoms with Gasteiger partial charge in [0, 0.05) is 4.90 Å². The molecule has 0 aliphatic heterocycles. The van der Waals surface area contributed by atoms with E-state index in [1.807, 2.05) is 12.1 Å². The number of hydrogen-bond acceptors (Lipinski definition) is 5. The molecule has 3 rings (SSSR count). The van der Waals surface area contributed by atoms with Crippen molar-refractivity contribution in [2.24, 2.45) is 0 Å². The number of halogens is 1. The molecule has 0 amide bonds. The predicted octanol–water partition coefficient (Wildman–Crippen LogP) is 3.01. The van der Waals surface area contributed by atoms with E-state index in [1.54, 1.807) is 12.1 Å². The zero-order chi connectivity index (χ0) is 14.8. The smallest absolute Gasteiger partial charge is 0.338 e. The molecule has 0 spiro atoms. The molecule has 2 aromatic carbocycles. The minimum absolute atomic E-state index is 0.372. The third-order valence-electron chi connectivity index (χ3n) is 2.72. The fraction of sp³-hybridized carbons (Fsp3) is 0. The van der Waals surface area contributed by atoms with Crippen molar-refractivity contribution in [1.29, 1.82) is 0 Å². The number of fused-ring (bicyclic) bond motifs is 1. The van der Waals surface area contributed by atoms with E-state index in [-0.39, 0.29) is 5.56 Å². The van der Waals surface area contributed by atoms with Crippen molar-refractivity contribution in [2.45, 2.75) is 10.1 Å². The van der Waals surface area contributed by atoms with Crippen LogP contribution in [0.4, 0.5) is 4.39 Å². The van der Waals surface area contributed by atoms with Gasteiger partial charge in [-0.05, 0) is 42.1 Å². The number of rotatable bonds is 3. The molecule has 1 N–H and O–H groups in total. The first-order valence-corrected chi connectivity index (χ1v) is 6.75. The molecule has 0 saturated heterocycles. The van der Waals surface area contributed by atoms with Crippen LogP contribution in [0, 0.1) is 5.82 Å². The molecule has 0 atom stereocenters. The van der Waals surface area contributed by atoms with Crippen molar-refractivity contribution in [2.75, 3.05) is 0 Å². The quantitative estimate of drug-likeness (QED) is 0.801. The number of aromatic nitrogens is 3. The summed E-state index contributed by atoms with van der Waals surface area (Å²) in [7, 11) is 0. The van der Waals surface area contributed by atoms with E-state index in [1.165, 1.54) is 12.1 Å². The van der Waals surface area contributed by atoms with Gasteiger partial charge in [0.2, 0.25) is 5.16 Å². The summed E-state index contributed by atoms with van der Waals surface area (Å²) < 4.78 is 13.3. The van der Waals surface area contributed by atoms with E-state index >= 15 is 0 Å². The second-order valence-corrected chi connectivity index (χ2v) is 5.17. The van der Waals surface area contributed by atoms with Crippen LogP contribution < -0.4 is 0 Å². The van der Waals surface area contributed by atoms with Gasteiger partial charge in [-0.3, -0.25) is 0 Å². The van der Waals surface area contributed by atoms with Crippen molar-refractivity contribution in [3.05, 3.63) is 53.8 Å². The molecule has 3 aromatic rings. The van der Waals surface area contributed by atoms with Crippen LogP contribution in [0.3, 0.4) is 0 Å². The topological polar surface area (TPSA) is 76.0 Å². The largest absolute Gasteiger partial charge is 0.478 e. The third kappa shape index (κ3) is 2.82. The Balaban J connectivity index is 1.94. The molecule has 0 bridgehead atoms. The van der Waals surface area contributed by atoms with Gasteiger partial charge in [0.05, 0.1) is 11.1 Å². The summed E-state index contributed by atoms with van der Waals surface area (Å²) >= 11 is 1.13. The Kier molecular flexibility index (Phi) is 3.49. The number of para-hydroxylation sites is 1. The summed E-state index contributed by atoms with van der Waals surface area (Å²) in [5, 5.41) is 17.3. The normalized spacial score (nSPS) is 10.7. The standard InChI is InChI=1S/C14H8FN3O2S/c15-10-6-5-8(7-9(10)13(19)20)21-14-16-11-3-1-2-4-12(11)17-18-14/h1-7H,(H,19,20). The van der Waals surface area contributed by atoms with Crippen LogP contribution in [0.25, 0.3) is 11.0 Å². The van der Waals surface area contributed by atoms with Crippen LogP contribution in [-0.4, -0.2) is 26.3 Å². The summed E-state index contributed by atoms with van der Waals surface area (Å²) in [5.41, 5.74) is 0.983. The van der Waals surface area contributed by atoms with Gasteiger partial charge in [-0.15, -0.1) is 10.2 Å². The van der Waals surface area contributed by atoms with Crippen LogP contribution in [0.1, 0.15) is 10.4 Å². The van der Waals surface area contributed by atoms with Gasteiger partial charge >= 0.3 is 5.97 Å². The molecule has 0 aliphatic carbocycles. The Labute approximate surface area is 122 Å². The average molecular weight is 301 g/mol. The maximum atomic E-state index is 13.3. The van der Waals surface area contributed by atoms with Crippen molar-refractivity contribution in [3.8, 4) is 0 Å². The molecule has 0 unspecified atom stereocenters. The molecule has 0 fully saturated rings. The molecular weight excluding hydrogens is 293 g/mol. The number of hydrogen-bond donors (Lipinski definition) is 1. The number of carboxylic acid groups (broad SMARTS) is 1. The Bertz CT molecular complexity index is 841. The summed E-state index contributed by atoms with van der Waals surface area (Å²) in [6, 6.07) is 11.1. The highest BCUT2D eigenvalue weighted by molar-refractivity contribution is 7.99. The number of nitrogens with zero attached hydrogens (tertiary/aromatic N) is 3. The van der Waals surface area contributed by atoms with E-state index in [9.17, 15) is 9.18 Å². The monoisotopic (exact) mass is 301 g/mol. The van der Waals surface area contributed by atoms with Gasteiger partial charge in [0.25, 0.3) is 0 Å². The Morgan fingerprint density at radius 3 is 2.62 bits per heavy atom. The molecule has 0 saturated carbocycles. The number of carbonyl (C=O) groups is 1. The zero-order valence-electron chi connectivity index (χ0n) is 10.5. The molecule has 1 heterocycles. The molecule has 1 aromatic heterocycles. The number of aromatic carboxylic acids is 1. The lowest BCUT2D eigenvalue weighted by atomic mass is 10.2. The molecule has 21 heavy (non-hydrogen) atoms. The first kappa shape index (κ1) is 13.4. The van der Waals surface area contributed by atoms with Crippen LogP contribution in [0.5, 0.6) is 0 Å². The molecule has 0 aliphatic rings. The summed E-state index contributed by atoms with van der Waals surface area (Å²) in [6.45, 7) is 0. The lowest BCUT2D eigenvalue weighted by Crippen LogP contribution is -2.00. The van der Waals surface area contributed by atoms with E-state index < -0.39 is 11.8 Å². The van der Waals surface area contributed by atoms with Crippen molar-refractivity contribution in [3.63, 3.8) is 0 Å². The molecule has 7 heteroatoms. The first-order valence-electron chi connectivity index (χ1n) is 5.93. The van der Waals surface area contributed by atoms with Crippen molar-refractivity contribution in [1.82, 2.24) is 15.2 Å². The van der Waals surface area contributed by atoms with Crippen LogP contribution in [0.15, 0.2) is 52.5 Å². The Hall–Kier alpha value is -2.54. The van der Waals surface area contributed by atoms with Gasteiger partial charge in [-0.25, -0.2) is 14.2 Å². The SMILES string of the molecule is O=C(O)c1cc(Sc2nnc3ccccc3n2)ccc1F. The van der Waals surface area contributed by atoms with E-state index in [0.717, 1.165) is 17.8 Å². The van der Waals surface area contributed by atoms with E-state index in [0.29, 0.717) is 21.1 Å². The van der Waals surface area contributed by atoms with Gasteiger partial charge in [-0.1, -0.05) is 12.1 Å². The lowest BCUT2D eigenvalue weighted by Gasteiger charge is -2.03. The highest BCUT2D eigenvalue weighted by atomic mass is 32.2. The first-order chi connectivity index (χ1) is 10.1. The number of benzene rings is 2. The van der Waals surface area contributed by atoms with Crippen molar-refractivity contribution >= 4 is 28.8 Å². The summed E-state index contributed by atoms with van der Waals surface area (Å²) in [6.07, 6.45) is 0. The van der Waals surface area contributed by atoms with Crippen LogP contribution in [-0.2, 0) is 0 Å². The average Bonchev–Trinajstić information content (AvgIpc) is 2.49. The number of carboxylic acids is 1. The van der Waals surface area contributed by atoms with Crippen molar-refractivity contribution < 1.29 is 14.3 Å². The summed E-state index contributed by atoms with van der Waals surface area (Å²) in [4.78, 5) is 15.8.